The molecule has 0 aliphatic heterocycles. The molecule has 0 heterocycles. The highest BCUT2D eigenvalue weighted by molar-refractivity contribution is 5.80. The van der Waals surface area contributed by atoms with E-state index in [9.17, 15) is 15.0 Å². The number of rotatable bonds is 4. The third kappa shape index (κ3) is 3.20. The molecule has 1 aromatic carbocycles. The summed E-state index contributed by atoms with van der Waals surface area (Å²) in [6.07, 6.45) is 0.621. The van der Waals surface area contributed by atoms with Gasteiger partial charge in [-0.2, -0.15) is 0 Å². The van der Waals surface area contributed by atoms with Gasteiger partial charge in [-0.05, 0) is 11.6 Å². The molecule has 5 heteroatoms. The molecule has 0 aromatic heterocycles. The number of carbonyl (C=O) groups is 1. The van der Waals surface area contributed by atoms with Gasteiger partial charge in [0.1, 0.15) is 6.10 Å². The van der Waals surface area contributed by atoms with E-state index in [1.54, 1.807) is 0 Å². The van der Waals surface area contributed by atoms with E-state index in [0.29, 0.717) is 6.61 Å². The van der Waals surface area contributed by atoms with Gasteiger partial charge >= 0.3 is 5.97 Å². The van der Waals surface area contributed by atoms with Crippen molar-refractivity contribution in [2.75, 3.05) is 0 Å². The van der Waals surface area contributed by atoms with Crippen LogP contribution in [-0.4, -0.2) is 39.1 Å². The summed E-state index contributed by atoms with van der Waals surface area (Å²) < 4.78 is 5.51. The van der Waals surface area contributed by atoms with Crippen LogP contribution in [0.5, 0.6) is 0 Å². The Morgan fingerprint density at radius 1 is 1.37 bits per heavy atom. The quantitative estimate of drug-likeness (QED) is 0.697. The maximum absolute atomic E-state index is 10.9. The van der Waals surface area contributed by atoms with Crippen LogP contribution in [0, 0.1) is 0 Å². The van der Waals surface area contributed by atoms with Gasteiger partial charge in [0.15, 0.2) is 5.60 Å². The van der Waals surface area contributed by atoms with Crippen LogP contribution < -0.4 is 0 Å². The number of hydrogen-bond acceptors (Lipinski definition) is 4. The van der Waals surface area contributed by atoms with Crippen molar-refractivity contribution in [2.45, 2.75) is 30.8 Å². The maximum Gasteiger partial charge on any atom is 0.339 e. The van der Waals surface area contributed by atoms with Crippen LogP contribution in [0.4, 0.5) is 0 Å². The summed E-state index contributed by atoms with van der Waals surface area (Å²) in [6, 6.07) is 9.45. The molecule has 0 saturated heterocycles. The van der Waals surface area contributed by atoms with Crippen molar-refractivity contribution in [3.8, 4) is 0 Å². The molecule has 1 aromatic rings. The van der Waals surface area contributed by atoms with E-state index in [2.05, 4.69) is 0 Å². The van der Waals surface area contributed by atoms with Gasteiger partial charge in [0.05, 0.1) is 12.7 Å². The summed E-state index contributed by atoms with van der Waals surface area (Å²) in [7, 11) is 0. The second-order valence-electron chi connectivity index (χ2n) is 4.62. The van der Waals surface area contributed by atoms with Gasteiger partial charge in [-0.1, -0.05) is 36.4 Å². The molecular weight excluding hydrogens is 248 g/mol. The summed E-state index contributed by atoms with van der Waals surface area (Å²) in [6.45, 7) is 0.318. The van der Waals surface area contributed by atoms with E-state index in [1.807, 2.05) is 30.3 Å². The van der Waals surface area contributed by atoms with Crippen LogP contribution in [0.1, 0.15) is 12.0 Å². The SMILES string of the molecule is O=C(O)[C@]1(O)C=C[C@@H](OCc2ccccc2)[C@H](O)C1. The summed E-state index contributed by atoms with van der Waals surface area (Å²) in [5, 5.41) is 28.4. The Bertz CT molecular complexity index is 470. The first kappa shape index (κ1) is 13.7. The Labute approximate surface area is 110 Å². The van der Waals surface area contributed by atoms with Crippen molar-refractivity contribution >= 4 is 5.97 Å². The molecule has 1 aliphatic rings. The number of aliphatic carboxylic acids is 1. The minimum atomic E-state index is -2.01. The van der Waals surface area contributed by atoms with Crippen molar-refractivity contribution in [2.24, 2.45) is 0 Å². The number of carboxylic acid groups (broad SMARTS) is 1. The van der Waals surface area contributed by atoms with Crippen LogP contribution in [0.15, 0.2) is 42.5 Å². The molecule has 2 rings (SSSR count). The molecule has 19 heavy (non-hydrogen) atoms. The van der Waals surface area contributed by atoms with Gasteiger partial charge in [0, 0.05) is 6.42 Å². The predicted molar refractivity (Wildman–Crippen MR) is 67.4 cm³/mol. The number of carboxylic acids is 1. The van der Waals surface area contributed by atoms with Gasteiger partial charge in [-0.15, -0.1) is 0 Å². The Morgan fingerprint density at radius 2 is 2.05 bits per heavy atom. The van der Waals surface area contributed by atoms with Crippen LogP contribution in [0.3, 0.4) is 0 Å². The van der Waals surface area contributed by atoms with Crippen LogP contribution in [0.25, 0.3) is 0 Å². The third-order valence-corrected chi connectivity index (χ3v) is 3.12. The zero-order valence-corrected chi connectivity index (χ0v) is 10.3. The summed E-state index contributed by atoms with van der Waals surface area (Å²) >= 11 is 0. The first-order valence-corrected chi connectivity index (χ1v) is 6.00. The molecule has 0 spiro atoms. The molecule has 0 fully saturated rings. The zero-order chi connectivity index (χ0) is 13.9. The molecular formula is C14H16O5. The monoisotopic (exact) mass is 264 g/mol. The summed E-state index contributed by atoms with van der Waals surface area (Å²) in [5.74, 6) is -1.37. The Kier molecular flexibility index (Phi) is 3.99. The fourth-order valence-electron chi connectivity index (χ4n) is 1.98. The largest absolute Gasteiger partial charge is 0.479 e. The van der Waals surface area contributed by atoms with Crippen molar-refractivity contribution in [3.63, 3.8) is 0 Å². The Hall–Kier alpha value is -1.69. The molecule has 3 atom stereocenters. The highest BCUT2D eigenvalue weighted by Gasteiger charge is 2.41. The van der Waals surface area contributed by atoms with E-state index in [4.69, 9.17) is 9.84 Å². The highest BCUT2D eigenvalue weighted by Crippen LogP contribution is 2.25. The van der Waals surface area contributed by atoms with E-state index in [0.717, 1.165) is 11.6 Å². The summed E-state index contributed by atoms with van der Waals surface area (Å²) in [5.41, 5.74) is -1.05. The number of ether oxygens (including phenoxy) is 1. The lowest BCUT2D eigenvalue weighted by atomic mass is 9.87. The molecule has 3 N–H and O–H groups in total. The number of benzene rings is 1. The van der Waals surface area contributed by atoms with Crippen LogP contribution in [-0.2, 0) is 16.1 Å². The fourth-order valence-corrected chi connectivity index (χ4v) is 1.98. The lowest BCUT2D eigenvalue weighted by molar-refractivity contribution is -0.159. The minimum Gasteiger partial charge on any atom is -0.479 e. The summed E-state index contributed by atoms with van der Waals surface area (Å²) in [4.78, 5) is 10.9. The Balaban J connectivity index is 1.98. The predicted octanol–water partition coefficient (Wildman–Crippen LogP) is 0.708. The van der Waals surface area contributed by atoms with E-state index in [-0.39, 0.29) is 6.42 Å². The lowest BCUT2D eigenvalue weighted by Crippen LogP contribution is -2.46. The zero-order valence-electron chi connectivity index (χ0n) is 10.3. The van der Waals surface area contributed by atoms with E-state index in [1.165, 1.54) is 6.08 Å². The van der Waals surface area contributed by atoms with Crippen molar-refractivity contribution in [3.05, 3.63) is 48.0 Å². The Morgan fingerprint density at radius 3 is 2.63 bits per heavy atom. The molecule has 0 unspecified atom stereocenters. The standard InChI is InChI=1S/C14H16O5/c15-11-8-14(18,13(16)17)7-6-12(11)19-9-10-4-2-1-3-5-10/h1-7,11-12,15,18H,8-9H2,(H,16,17)/t11-,12-,14+/m1/s1. The van der Waals surface area contributed by atoms with Crippen molar-refractivity contribution < 1.29 is 24.9 Å². The van der Waals surface area contributed by atoms with Crippen LogP contribution in [0.2, 0.25) is 0 Å². The van der Waals surface area contributed by atoms with Gasteiger partial charge in [-0.25, -0.2) is 4.79 Å². The molecule has 0 saturated carbocycles. The highest BCUT2D eigenvalue weighted by atomic mass is 16.5. The second-order valence-corrected chi connectivity index (χ2v) is 4.62. The van der Waals surface area contributed by atoms with E-state index >= 15 is 0 Å². The average Bonchev–Trinajstić information content (AvgIpc) is 2.39. The molecule has 0 radical (unpaired) electrons. The molecule has 102 valence electrons. The average molecular weight is 264 g/mol. The first-order chi connectivity index (χ1) is 9.01. The molecule has 5 nitrogen and oxygen atoms in total. The normalized spacial score (nSPS) is 30.2. The first-order valence-electron chi connectivity index (χ1n) is 6.00. The number of aliphatic hydroxyl groups excluding tert-OH is 1. The minimum absolute atomic E-state index is 0.279. The number of aliphatic hydroxyl groups is 2. The molecule has 0 amide bonds. The smallest absolute Gasteiger partial charge is 0.339 e. The number of hydrogen-bond donors (Lipinski definition) is 3. The van der Waals surface area contributed by atoms with Gasteiger partial charge in [-0.3, -0.25) is 0 Å². The second kappa shape index (κ2) is 5.52. The molecule has 0 bridgehead atoms. The van der Waals surface area contributed by atoms with Crippen molar-refractivity contribution in [1.82, 2.24) is 0 Å². The molecule has 1 aliphatic carbocycles. The van der Waals surface area contributed by atoms with E-state index < -0.39 is 23.8 Å². The topological polar surface area (TPSA) is 87.0 Å². The van der Waals surface area contributed by atoms with Gasteiger partial charge < -0.3 is 20.1 Å². The fraction of sp³-hybridized carbons (Fsp3) is 0.357. The lowest BCUT2D eigenvalue weighted by Gasteiger charge is -2.31. The third-order valence-electron chi connectivity index (χ3n) is 3.12. The van der Waals surface area contributed by atoms with Crippen LogP contribution >= 0.6 is 0 Å². The maximum atomic E-state index is 10.9. The van der Waals surface area contributed by atoms with Gasteiger partial charge in [0.2, 0.25) is 0 Å². The van der Waals surface area contributed by atoms with Crippen molar-refractivity contribution in [1.29, 1.82) is 0 Å². The van der Waals surface area contributed by atoms with Gasteiger partial charge in [0.25, 0.3) is 0 Å².